The highest BCUT2D eigenvalue weighted by molar-refractivity contribution is 5.99. The van der Waals surface area contributed by atoms with Gasteiger partial charge in [0.2, 0.25) is 5.91 Å². The standard InChI is InChI=1S/C25H22N6O/c1-3-21(25(27)32)30-24-18-9-11-29-14-22(18)31-23(19(24)12-26)17-6-4-16(5-7-17)20-13-28-10-8-15(20)2/h4-11,13-14,21H,3H2,1-2H3,(H2,27,32)(H,30,31)/t21-/m1/s1. The Morgan fingerprint density at radius 1 is 1.09 bits per heavy atom. The fraction of sp³-hybridized carbons (Fsp3) is 0.160. The summed E-state index contributed by atoms with van der Waals surface area (Å²) in [6, 6.07) is 13.2. The number of nitrogens with zero attached hydrogens (tertiary/aromatic N) is 4. The minimum absolute atomic E-state index is 0.355. The van der Waals surface area contributed by atoms with Crippen LogP contribution in [0.5, 0.6) is 0 Å². The summed E-state index contributed by atoms with van der Waals surface area (Å²) < 4.78 is 0. The molecule has 3 heterocycles. The maximum atomic E-state index is 11.9. The number of nitriles is 1. The lowest BCUT2D eigenvalue weighted by molar-refractivity contribution is -0.118. The van der Waals surface area contributed by atoms with Crippen molar-refractivity contribution in [2.75, 3.05) is 5.32 Å². The number of anilines is 1. The van der Waals surface area contributed by atoms with E-state index < -0.39 is 11.9 Å². The van der Waals surface area contributed by atoms with Crippen LogP contribution >= 0.6 is 0 Å². The SMILES string of the molecule is CC[C@@H](Nc1c(C#N)c(-c2ccc(-c3cnccc3C)cc2)nc2cnccc12)C(N)=O. The molecule has 158 valence electrons. The number of aryl methyl sites for hydroxylation is 1. The summed E-state index contributed by atoms with van der Waals surface area (Å²) in [7, 11) is 0. The molecule has 4 rings (SSSR count). The molecule has 1 aromatic carbocycles. The lowest BCUT2D eigenvalue weighted by Crippen LogP contribution is -2.35. The van der Waals surface area contributed by atoms with E-state index in [1.54, 1.807) is 24.7 Å². The normalized spacial score (nSPS) is 11.7. The molecule has 4 aromatic rings. The van der Waals surface area contributed by atoms with Crippen molar-refractivity contribution in [1.29, 1.82) is 5.26 Å². The van der Waals surface area contributed by atoms with Crippen LogP contribution in [0.3, 0.4) is 0 Å². The first kappa shape index (κ1) is 20.9. The molecule has 3 aromatic heterocycles. The zero-order valence-electron chi connectivity index (χ0n) is 17.8. The van der Waals surface area contributed by atoms with Gasteiger partial charge in [-0.3, -0.25) is 14.8 Å². The summed E-state index contributed by atoms with van der Waals surface area (Å²) in [5, 5.41) is 13.9. The Balaban J connectivity index is 1.87. The Morgan fingerprint density at radius 3 is 2.44 bits per heavy atom. The topological polar surface area (TPSA) is 118 Å². The lowest BCUT2D eigenvalue weighted by Gasteiger charge is -2.19. The predicted octanol–water partition coefficient (Wildman–Crippen LogP) is 4.21. The molecule has 0 aliphatic heterocycles. The molecule has 0 fully saturated rings. The van der Waals surface area contributed by atoms with Gasteiger partial charge in [-0.15, -0.1) is 0 Å². The van der Waals surface area contributed by atoms with E-state index >= 15 is 0 Å². The Labute approximate surface area is 186 Å². The molecular weight excluding hydrogens is 400 g/mol. The number of pyridine rings is 3. The van der Waals surface area contributed by atoms with Crippen molar-refractivity contribution < 1.29 is 4.79 Å². The van der Waals surface area contributed by atoms with Gasteiger partial charge in [0.1, 0.15) is 17.7 Å². The van der Waals surface area contributed by atoms with E-state index in [1.165, 1.54) is 0 Å². The summed E-state index contributed by atoms with van der Waals surface area (Å²) in [6.45, 7) is 3.90. The van der Waals surface area contributed by atoms with E-state index in [0.29, 0.717) is 34.3 Å². The van der Waals surface area contributed by atoms with Crippen molar-refractivity contribution in [2.45, 2.75) is 26.3 Å². The van der Waals surface area contributed by atoms with Crippen LogP contribution in [0.2, 0.25) is 0 Å². The van der Waals surface area contributed by atoms with Crippen molar-refractivity contribution in [3.05, 3.63) is 72.3 Å². The van der Waals surface area contributed by atoms with Gasteiger partial charge in [-0.1, -0.05) is 31.2 Å². The minimum Gasteiger partial charge on any atom is -0.372 e. The number of benzene rings is 1. The lowest BCUT2D eigenvalue weighted by atomic mass is 9.98. The summed E-state index contributed by atoms with van der Waals surface area (Å²) >= 11 is 0. The van der Waals surface area contributed by atoms with E-state index in [4.69, 9.17) is 10.7 Å². The summed E-state index contributed by atoms with van der Waals surface area (Å²) in [5.41, 5.74) is 11.6. The van der Waals surface area contributed by atoms with Crippen LogP contribution in [0.4, 0.5) is 5.69 Å². The van der Waals surface area contributed by atoms with Crippen molar-refractivity contribution in [3.8, 4) is 28.5 Å². The molecule has 7 heteroatoms. The smallest absolute Gasteiger partial charge is 0.239 e. The van der Waals surface area contributed by atoms with E-state index in [1.807, 2.05) is 50.4 Å². The molecule has 0 saturated heterocycles. The third kappa shape index (κ3) is 3.86. The van der Waals surface area contributed by atoms with Crippen molar-refractivity contribution >= 4 is 22.5 Å². The average molecular weight is 422 g/mol. The highest BCUT2D eigenvalue weighted by atomic mass is 16.1. The molecule has 0 saturated carbocycles. The first-order valence-electron chi connectivity index (χ1n) is 10.3. The number of amides is 1. The molecule has 0 unspecified atom stereocenters. The number of primary amides is 1. The average Bonchev–Trinajstić information content (AvgIpc) is 2.82. The number of aromatic nitrogens is 3. The second-order valence-electron chi connectivity index (χ2n) is 7.49. The Bertz CT molecular complexity index is 1340. The maximum absolute atomic E-state index is 11.9. The molecule has 0 bridgehead atoms. The van der Waals surface area contributed by atoms with Gasteiger partial charge in [-0.05, 0) is 36.6 Å². The molecule has 0 radical (unpaired) electrons. The fourth-order valence-corrected chi connectivity index (χ4v) is 3.71. The number of carbonyl (C=O) groups is 1. The number of carbonyl (C=O) groups excluding carboxylic acids is 1. The molecule has 0 aliphatic rings. The largest absolute Gasteiger partial charge is 0.372 e. The third-order valence-corrected chi connectivity index (χ3v) is 5.48. The van der Waals surface area contributed by atoms with Gasteiger partial charge in [-0.2, -0.15) is 5.26 Å². The number of nitrogens with one attached hydrogen (secondary N) is 1. The third-order valence-electron chi connectivity index (χ3n) is 5.48. The maximum Gasteiger partial charge on any atom is 0.239 e. The van der Waals surface area contributed by atoms with Crippen molar-refractivity contribution in [2.24, 2.45) is 5.73 Å². The number of nitrogens with two attached hydrogens (primary N) is 1. The quantitative estimate of drug-likeness (QED) is 0.480. The van der Waals surface area contributed by atoms with Crippen LogP contribution in [0, 0.1) is 18.3 Å². The zero-order chi connectivity index (χ0) is 22.7. The van der Waals surface area contributed by atoms with Crippen LogP contribution in [0.25, 0.3) is 33.3 Å². The van der Waals surface area contributed by atoms with E-state index in [2.05, 4.69) is 21.4 Å². The number of hydrogen-bond donors (Lipinski definition) is 2. The molecule has 1 amide bonds. The Kier molecular flexibility index (Phi) is 5.77. The monoisotopic (exact) mass is 422 g/mol. The van der Waals surface area contributed by atoms with E-state index in [9.17, 15) is 10.1 Å². The summed E-state index contributed by atoms with van der Waals surface area (Å²) in [5.74, 6) is -0.479. The van der Waals surface area contributed by atoms with Gasteiger partial charge in [0.05, 0.1) is 23.1 Å². The summed E-state index contributed by atoms with van der Waals surface area (Å²) in [4.78, 5) is 25.0. The minimum atomic E-state index is -0.607. The van der Waals surface area contributed by atoms with Crippen LogP contribution in [0.15, 0.2) is 61.2 Å². The van der Waals surface area contributed by atoms with Crippen LogP contribution in [-0.2, 0) is 4.79 Å². The number of hydrogen-bond acceptors (Lipinski definition) is 6. The molecule has 7 nitrogen and oxygen atoms in total. The second kappa shape index (κ2) is 8.82. The van der Waals surface area contributed by atoms with Gasteiger partial charge >= 0.3 is 0 Å². The van der Waals surface area contributed by atoms with Gasteiger partial charge in [-0.25, -0.2) is 4.98 Å². The van der Waals surface area contributed by atoms with Crippen LogP contribution in [-0.4, -0.2) is 26.9 Å². The molecule has 1 atom stereocenters. The predicted molar refractivity (Wildman–Crippen MR) is 125 cm³/mol. The van der Waals surface area contributed by atoms with Crippen molar-refractivity contribution in [1.82, 2.24) is 15.0 Å². The van der Waals surface area contributed by atoms with Crippen molar-refractivity contribution in [3.63, 3.8) is 0 Å². The van der Waals surface area contributed by atoms with E-state index in [-0.39, 0.29) is 0 Å². The first-order valence-corrected chi connectivity index (χ1v) is 10.3. The fourth-order valence-electron chi connectivity index (χ4n) is 3.71. The number of rotatable bonds is 6. The number of fused-ring (bicyclic) bond motifs is 1. The van der Waals surface area contributed by atoms with Crippen LogP contribution < -0.4 is 11.1 Å². The molecular formula is C25H22N6O. The highest BCUT2D eigenvalue weighted by Crippen LogP contribution is 2.35. The first-order chi connectivity index (χ1) is 15.5. The van der Waals surface area contributed by atoms with Gasteiger partial charge in [0.25, 0.3) is 0 Å². The van der Waals surface area contributed by atoms with Crippen LogP contribution in [0.1, 0.15) is 24.5 Å². The molecule has 32 heavy (non-hydrogen) atoms. The Morgan fingerprint density at radius 2 is 1.78 bits per heavy atom. The summed E-state index contributed by atoms with van der Waals surface area (Å²) in [6.07, 6.45) is 7.37. The zero-order valence-corrected chi connectivity index (χ0v) is 17.8. The van der Waals surface area contributed by atoms with Gasteiger partial charge in [0, 0.05) is 35.1 Å². The Hall–Kier alpha value is -4.31. The van der Waals surface area contributed by atoms with E-state index in [0.717, 1.165) is 22.3 Å². The molecule has 0 spiro atoms. The van der Waals surface area contributed by atoms with Gasteiger partial charge in [0.15, 0.2) is 0 Å². The molecule has 0 aliphatic carbocycles. The molecule has 3 N–H and O–H groups in total. The van der Waals surface area contributed by atoms with Gasteiger partial charge < -0.3 is 11.1 Å². The second-order valence-corrected chi connectivity index (χ2v) is 7.49. The highest BCUT2D eigenvalue weighted by Gasteiger charge is 2.21.